The molecule has 112 valence electrons. The zero-order valence-corrected chi connectivity index (χ0v) is 12.2. The van der Waals surface area contributed by atoms with Gasteiger partial charge in [0.1, 0.15) is 6.10 Å². The second kappa shape index (κ2) is 5.97. The molecule has 7 nitrogen and oxygen atoms in total. The summed E-state index contributed by atoms with van der Waals surface area (Å²) in [5.41, 5.74) is -2.23. The highest BCUT2D eigenvalue weighted by Crippen LogP contribution is 2.45. The molecule has 19 heavy (non-hydrogen) atoms. The third-order valence-corrected chi connectivity index (χ3v) is 4.11. The molecule has 0 rings (SSSR count). The lowest BCUT2D eigenvalue weighted by atomic mass is 9.96. The van der Waals surface area contributed by atoms with Crippen LogP contribution in [0.4, 0.5) is 0 Å². The molecule has 0 radical (unpaired) electrons. The Bertz CT molecular complexity index is 379. The molecule has 0 saturated carbocycles. The number of alkyl halides is 4. The van der Waals surface area contributed by atoms with Gasteiger partial charge in [0.05, 0.1) is 0 Å². The van der Waals surface area contributed by atoms with Gasteiger partial charge in [-0.1, -0.05) is 46.4 Å². The second-order valence-corrected chi connectivity index (χ2v) is 5.74. The quantitative estimate of drug-likeness (QED) is 0.298. The molecule has 0 saturated heterocycles. The first kappa shape index (κ1) is 19.3. The van der Waals surface area contributed by atoms with Gasteiger partial charge < -0.3 is 25.5 Å². The maximum Gasteiger partial charge on any atom is 0.253 e. The summed E-state index contributed by atoms with van der Waals surface area (Å²) in [6, 6.07) is 0. The van der Waals surface area contributed by atoms with E-state index in [0.29, 0.717) is 6.92 Å². The SMILES string of the molecule is CC(=O)C(=O)[C@@](O)(Cl)[C@](O)(Cl)[C@@](O)(Cl)[C@H](O)C(O)Cl. The normalized spacial score (nSPS) is 24.5. The monoisotopic (exact) mass is 358 g/mol. The molecule has 0 aliphatic carbocycles. The average Bonchev–Trinajstić information content (AvgIpc) is 2.25. The number of aliphatic hydroxyl groups is 5. The fourth-order valence-electron chi connectivity index (χ4n) is 0.994. The summed E-state index contributed by atoms with van der Waals surface area (Å²) in [4.78, 5) is 22.2. The Hall–Kier alpha value is 0.300. The predicted molar refractivity (Wildman–Crippen MR) is 66.0 cm³/mol. The number of carbonyl (C=O) groups excluding carboxylic acids is 2. The summed E-state index contributed by atoms with van der Waals surface area (Å²) in [6.45, 7) is 0.697. The second-order valence-electron chi connectivity index (χ2n) is 3.62. The summed E-state index contributed by atoms with van der Waals surface area (Å²) < 4.78 is 0. The van der Waals surface area contributed by atoms with E-state index in [9.17, 15) is 30.0 Å². The molecule has 0 aromatic heterocycles. The van der Waals surface area contributed by atoms with E-state index in [0.717, 1.165) is 0 Å². The van der Waals surface area contributed by atoms with Gasteiger partial charge in [-0.05, 0) is 0 Å². The van der Waals surface area contributed by atoms with Crippen molar-refractivity contribution in [2.45, 2.75) is 33.8 Å². The fourth-order valence-corrected chi connectivity index (χ4v) is 2.02. The van der Waals surface area contributed by atoms with Crippen LogP contribution in [0, 0.1) is 0 Å². The summed E-state index contributed by atoms with van der Waals surface area (Å²) in [5.74, 6) is -3.12. The van der Waals surface area contributed by atoms with Gasteiger partial charge in [-0.3, -0.25) is 9.59 Å². The number of aliphatic hydroxyl groups excluding tert-OH is 2. The highest BCUT2D eigenvalue weighted by atomic mass is 35.5. The van der Waals surface area contributed by atoms with E-state index < -0.39 is 38.4 Å². The molecule has 11 heteroatoms. The number of hydrogen-bond acceptors (Lipinski definition) is 7. The lowest BCUT2D eigenvalue weighted by Crippen LogP contribution is -2.68. The first-order chi connectivity index (χ1) is 8.21. The Morgan fingerprint density at radius 1 is 1.05 bits per heavy atom. The van der Waals surface area contributed by atoms with Gasteiger partial charge >= 0.3 is 0 Å². The van der Waals surface area contributed by atoms with E-state index in [4.69, 9.17) is 51.5 Å². The van der Waals surface area contributed by atoms with Crippen LogP contribution in [0.2, 0.25) is 0 Å². The molecule has 0 aliphatic rings. The van der Waals surface area contributed by atoms with E-state index in [2.05, 4.69) is 0 Å². The standard InChI is InChI=1S/C8H10Cl4O7/c1-2(13)3(14)6(10,17)8(12,19)7(11,18)4(15)5(9)16/h4-5,15-19H,1H3/t4-,5?,6+,7-,8-/m1/s1. The molecular formula is C8H10Cl4O7. The fraction of sp³-hybridized carbons (Fsp3) is 0.750. The van der Waals surface area contributed by atoms with Crippen LogP contribution in [0.5, 0.6) is 0 Å². The molecular weight excluding hydrogens is 350 g/mol. The predicted octanol–water partition coefficient (Wildman–Crippen LogP) is -1.16. The first-order valence-corrected chi connectivity index (χ1v) is 6.07. The molecule has 5 N–H and O–H groups in total. The molecule has 0 heterocycles. The van der Waals surface area contributed by atoms with Gasteiger partial charge in [-0.2, -0.15) is 0 Å². The van der Waals surface area contributed by atoms with Gasteiger partial charge in [0.25, 0.3) is 5.06 Å². The smallest absolute Gasteiger partial charge is 0.253 e. The summed E-state index contributed by atoms with van der Waals surface area (Å²) in [5, 5.41) is 36.4. The van der Waals surface area contributed by atoms with Gasteiger partial charge in [0.15, 0.2) is 11.3 Å². The van der Waals surface area contributed by atoms with Gasteiger partial charge in [-0.25, -0.2) is 0 Å². The average molecular weight is 360 g/mol. The van der Waals surface area contributed by atoms with Crippen molar-refractivity contribution < 1.29 is 35.1 Å². The maximum atomic E-state index is 11.3. The first-order valence-electron chi connectivity index (χ1n) is 4.50. The minimum absolute atomic E-state index is 0.697. The number of carbonyl (C=O) groups is 2. The molecule has 1 unspecified atom stereocenters. The van der Waals surface area contributed by atoms with Crippen LogP contribution >= 0.6 is 46.4 Å². The summed E-state index contributed by atoms with van der Waals surface area (Å²) in [7, 11) is 0. The van der Waals surface area contributed by atoms with Crippen molar-refractivity contribution in [2.24, 2.45) is 0 Å². The third-order valence-electron chi connectivity index (χ3n) is 2.18. The number of rotatable bonds is 6. The Balaban J connectivity index is 5.71. The number of halogens is 4. The van der Waals surface area contributed by atoms with E-state index in [1.807, 2.05) is 0 Å². The van der Waals surface area contributed by atoms with E-state index in [1.54, 1.807) is 0 Å². The van der Waals surface area contributed by atoms with Crippen molar-refractivity contribution in [3.8, 4) is 0 Å². The summed E-state index contributed by atoms with van der Waals surface area (Å²) in [6.07, 6.45) is -2.52. The number of ketones is 2. The minimum atomic E-state index is -3.65. The van der Waals surface area contributed by atoms with Gasteiger partial charge in [0, 0.05) is 6.92 Å². The molecule has 0 fully saturated rings. The minimum Gasteiger partial charge on any atom is -0.385 e. The lowest BCUT2D eigenvalue weighted by Gasteiger charge is -2.42. The number of hydrogen-bond donors (Lipinski definition) is 5. The van der Waals surface area contributed by atoms with Crippen LogP contribution in [0.25, 0.3) is 0 Å². The van der Waals surface area contributed by atoms with Gasteiger partial charge in [-0.15, -0.1) is 0 Å². The lowest BCUT2D eigenvalue weighted by molar-refractivity contribution is -0.186. The molecule has 0 aromatic carbocycles. The molecule has 0 amide bonds. The topological polar surface area (TPSA) is 135 Å². The maximum absolute atomic E-state index is 11.3. The van der Waals surface area contributed by atoms with Crippen molar-refractivity contribution in [3.63, 3.8) is 0 Å². The highest BCUT2D eigenvalue weighted by Gasteiger charge is 2.68. The Labute approximate surface area is 127 Å². The Morgan fingerprint density at radius 3 is 1.68 bits per heavy atom. The van der Waals surface area contributed by atoms with Crippen LogP contribution in [-0.2, 0) is 9.59 Å². The van der Waals surface area contributed by atoms with Crippen molar-refractivity contribution in [1.29, 1.82) is 0 Å². The van der Waals surface area contributed by atoms with Crippen LogP contribution in [0.1, 0.15) is 6.92 Å². The van der Waals surface area contributed by atoms with Crippen LogP contribution in [0.3, 0.4) is 0 Å². The third kappa shape index (κ3) is 3.31. The van der Waals surface area contributed by atoms with E-state index in [-0.39, 0.29) is 0 Å². The van der Waals surface area contributed by atoms with Crippen molar-refractivity contribution in [1.82, 2.24) is 0 Å². The Morgan fingerprint density at radius 2 is 1.42 bits per heavy atom. The Kier molecular flexibility index (Phi) is 6.06. The van der Waals surface area contributed by atoms with Gasteiger partial charge in [0.2, 0.25) is 15.9 Å². The van der Waals surface area contributed by atoms with Crippen LogP contribution in [0.15, 0.2) is 0 Å². The number of Topliss-reactive ketones (excluding diaryl/α,β-unsaturated/α-hetero) is 2. The zero-order chi connectivity index (χ0) is 15.8. The molecule has 5 atom stereocenters. The zero-order valence-electron chi connectivity index (χ0n) is 9.22. The molecule has 0 aromatic rings. The molecule has 0 spiro atoms. The van der Waals surface area contributed by atoms with Crippen molar-refractivity contribution in [2.75, 3.05) is 0 Å². The molecule has 0 aliphatic heterocycles. The van der Waals surface area contributed by atoms with Crippen LogP contribution in [-0.4, -0.2) is 63.9 Å². The largest absolute Gasteiger partial charge is 0.385 e. The summed E-state index contributed by atoms with van der Waals surface area (Å²) >= 11 is 20.8. The van der Waals surface area contributed by atoms with E-state index >= 15 is 0 Å². The van der Waals surface area contributed by atoms with Crippen LogP contribution < -0.4 is 0 Å². The van der Waals surface area contributed by atoms with Crippen molar-refractivity contribution in [3.05, 3.63) is 0 Å². The molecule has 0 bridgehead atoms. The highest BCUT2D eigenvalue weighted by molar-refractivity contribution is 6.55. The van der Waals surface area contributed by atoms with E-state index in [1.165, 1.54) is 0 Å². The van der Waals surface area contributed by atoms with Crippen molar-refractivity contribution >= 4 is 58.0 Å².